The fourth-order valence-corrected chi connectivity index (χ4v) is 1.80. The van der Waals surface area contributed by atoms with Gasteiger partial charge in [-0.1, -0.05) is 12.1 Å². The van der Waals surface area contributed by atoms with E-state index >= 15 is 0 Å². The first-order valence-corrected chi connectivity index (χ1v) is 6.59. The van der Waals surface area contributed by atoms with Gasteiger partial charge in [0.2, 0.25) is 0 Å². The summed E-state index contributed by atoms with van der Waals surface area (Å²) in [5, 5.41) is 10.5. The molecule has 0 aliphatic rings. The second-order valence-electron chi connectivity index (χ2n) is 4.14. The maximum atomic E-state index is 10.5. The van der Waals surface area contributed by atoms with Crippen molar-refractivity contribution in [3.63, 3.8) is 0 Å². The summed E-state index contributed by atoms with van der Waals surface area (Å²) in [4.78, 5) is 14.2. The predicted molar refractivity (Wildman–Crippen MR) is 76.1 cm³/mol. The molecule has 5 nitrogen and oxygen atoms in total. The molecule has 0 atom stereocenters. The van der Waals surface area contributed by atoms with Gasteiger partial charge in [-0.15, -0.1) is 11.6 Å². The van der Waals surface area contributed by atoms with Crippen molar-refractivity contribution < 1.29 is 9.66 Å². The molecule has 0 aliphatic carbocycles. The van der Waals surface area contributed by atoms with Crippen LogP contribution < -0.4 is 4.74 Å². The zero-order valence-electron chi connectivity index (χ0n) is 10.7. The van der Waals surface area contributed by atoms with E-state index in [1.807, 2.05) is 12.1 Å². The van der Waals surface area contributed by atoms with Crippen molar-refractivity contribution in [3.05, 3.63) is 64.0 Å². The summed E-state index contributed by atoms with van der Waals surface area (Å²) in [5.41, 5.74) is 1.88. The van der Waals surface area contributed by atoms with Gasteiger partial charge in [0.1, 0.15) is 5.75 Å². The third-order valence-corrected chi connectivity index (χ3v) is 3.01. The van der Waals surface area contributed by atoms with Gasteiger partial charge >= 0.3 is 0 Å². The molecule has 0 saturated heterocycles. The molecule has 1 heterocycles. The van der Waals surface area contributed by atoms with E-state index in [0.717, 1.165) is 11.3 Å². The molecule has 2 rings (SSSR count). The number of halogens is 1. The molecule has 104 valence electrons. The molecule has 0 saturated carbocycles. The van der Waals surface area contributed by atoms with Crippen LogP contribution in [0.3, 0.4) is 0 Å². The van der Waals surface area contributed by atoms with Gasteiger partial charge in [0.15, 0.2) is 0 Å². The first-order chi connectivity index (χ1) is 9.69. The van der Waals surface area contributed by atoms with Crippen molar-refractivity contribution in [1.29, 1.82) is 0 Å². The molecule has 0 bridgehead atoms. The number of non-ortho nitro benzene ring substituents is 1. The largest absolute Gasteiger partial charge is 0.492 e. The van der Waals surface area contributed by atoms with Crippen LogP contribution in [0.5, 0.6) is 5.75 Å². The highest BCUT2D eigenvalue weighted by molar-refractivity contribution is 6.16. The van der Waals surface area contributed by atoms with Gasteiger partial charge in [-0.3, -0.25) is 15.1 Å². The zero-order valence-corrected chi connectivity index (χ0v) is 11.4. The van der Waals surface area contributed by atoms with Crippen LogP contribution in [0.15, 0.2) is 42.6 Å². The second-order valence-corrected chi connectivity index (χ2v) is 4.41. The number of rotatable bonds is 6. The average Bonchev–Trinajstić information content (AvgIpc) is 2.48. The molecule has 0 fully saturated rings. The standard InChI is InChI=1S/C14H13ClN2O3/c15-9-12-3-6-14(10-16-12)20-8-7-11-1-4-13(5-2-11)17(18)19/h1-6,10H,7-9H2. The lowest BCUT2D eigenvalue weighted by Crippen LogP contribution is -2.02. The molecule has 20 heavy (non-hydrogen) atoms. The van der Waals surface area contributed by atoms with Crippen LogP contribution in [0.25, 0.3) is 0 Å². The topological polar surface area (TPSA) is 65.3 Å². The van der Waals surface area contributed by atoms with Crippen molar-refractivity contribution in [3.8, 4) is 5.75 Å². The molecule has 1 aromatic carbocycles. The van der Waals surface area contributed by atoms with Gasteiger partial charge in [0.25, 0.3) is 5.69 Å². The normalized spacial score (nSPS) is 10.2. The van der Waals surface area contributed by atoms with Crippen LogP contribution in [-0.2, 0) is 12.3 Å². The van der Waals surface area contributed by atoms with Gasteiger partial charge in [0.05, 0.1) is 29.3 Å². The number of nitro groups is 1. The van der Waals surface area contributed by atoms with E-state index < -0.39 is 4.92 Å². The van der Waals surface area contributed by atoms with Gasteiger partial charge in [-0.25, -0.2) is 0 Å². The number of nitro benzene ring substituents is 1. The van der Waals surface area contributed by atoms with Gasteiger partial charge < -0.3 is 4.74 Å². The Labute approximate surface area is 121 Å². The van der Waals surface area contributed by atoms with E-state index in [1.54, 1.807) is 18.3 Å². The fraction of sp³-hybridized carbons (Fsp3) is 0.214. The highest BCUT2D eigenvalue weighted by Gasteiger charge is 2.04. The fourth-order valence-electron chi connectivity index (χ4n) is 1.65. The molecular formula is C14H13ClN2O3. The minimum absolute atomic E-state index is 0.0931. The molecular weight excluding hydrogens is 280 g/mol. The highest BCUT2D eigenvalue weighted by Crippen LogP contribution is 2.14. The number of hydrogen-bond acceptors (Lipinski definition) is 4. The first-order valence-electron chi connectivity index (χ1n) is 6.06. The summed E-state index contributed by atoms with van der Waals surface area (Å²) in [5.74, 6) is 1.06. The van der Waals surface area contributed by atoms with E-state index in [-0.39, 0.29) is 5.69 Å². The Morgan fingerprint density at radius 3 is 2.50 bits per heavy atom. The lowest BCUT2D eigenvalue weighted by Gasteiger charge is -2.06. The van der Waals surface area contributed by atoms with Gasteiger partial charge in [-0.2, -0.15) is 0 Å². The Morgan fingerprint density at radius 2 is 1.95 bits per heavy atom. The molecule has 1 aromatic heterocycles. The van der Waals surface area contributed by atoms with E-state index in [4.69, 9.17) is 16.3 Å². The molecule has 0 unspecified atom stereocenters. The van der Waals surface area contributed by atoms with Gasteiger partial charge in [-0.05, 0) is 17.7 Å². The molecule has 0 amide bonds. The molecule has 2 aromatic rings. The Morgan fingerprint density at radius 1 is 1.20 bits per heavy atom. The minimum Gasteiger partial charge on any atom is -0.492 e. The molecule has 0 N–H and O–H groups in total. The number of nitrogens with zero attached hydrogens (tertiary/aromatic N) is 2. The summed E-state index contributed by atoms with van der Waals surface area (Å²) in [6.45, 7) is 0.486. The van der Waals surface area contributed by atoms with Gasteiger partial charge in [0, 0.05) is 18.6 Å². The van der Waals surface area contributed by atoms with Crippen LogP contribution in [0.4, 0.5) is 5.69 Å². The lowest BCUT2D eigenvalue weighted by molar-refractivity contribution is -0.384. The van der Waals surface area contributed by atoms with E-state index in [2.05, 4.69) is 4.98 Å². The van der Waals surface area contributed by atoms with E-state index in [1.165, 1.54) is 12.1 Å². The number of benzene rings is 1. The highest BCUT2D eigenvalue weighted by atomic mass is 35.5. The SMILES string of the molecule is O=[N+]([O-])c1ccc(CCOc2ccc(CCl)nc2)cc1. The minimum atomic E-state index is -0.412. The monoisotopic (exact) mass is 292 g/mol. The zero-order chi connectivity index (χ0) is 14.4. The summed E-state index contributed by atoms with van der Waals surface area (Å²) in [6.07, 6.45) is 2.31. The van der Waals surface area contributed by atoms with Crippen LogP contribution in [0, 0.1) is 10.1 Å². The third kappa shape index (κ3) is 3.93. The number of alkyl halides is 1. The predicted octanol–water partition coefficient (Wildman–Crippen LogP) is 3.35. The van der Waals surface area contributed by atoms with Crippen LogP contribution in [0.1, 0.15) is 11.3 Å². The molecule has 0 spiro atoms. The van der Waals surface area contributed by atoms with Crippen molar-refractivity contribution in [2.24, 2.45) is 0 Å². The Kier molecular flexibility index (Phi) is 4.90. The molecule has 0 aliphatic heterocycles. The summed E-state index contributed by atoms with van der Waals surface area (Å²) >= 11 is 5.65. The van der Waals surface area contributed by atoms with E-state index in [9.17, 15) is 10.1 Å². The second kappa shape index (κ2) is 6.86. The number of aromatic nitrogens is 1. The maximum Gasteiger partial charge on any atom is 0.269 e. The van der Waals surface area contributed by atoms with Crippen molar-refractivity contribution in [2.45, 2.75) is 12.3 Å². The van der Waals surface area contributed by atoms with Crippen LogP contribution in [0.2, 0.25) is 0 Å². The van der Waals surface area contributed by atoms with Crippen molar-refractivity contribution in [1.82, 2.24) is 4.98 Å². The lowest BCUT2D eigenvalue weighted by atomic mass is 10.1. The number of ether oxygens (including phenoxy) is 1. The summed E-state index contributed by atoms with van der Waals surface area (Å²) < 4.78 is 5.55. The maximum absolute atomic E-state index is 10.5. The van der Waals surface area contributed by atoms with Crippen molar-refractivity contribution >= 4 is 17.3 Å². The molecule has 0 radical (unpaired) electrons. The quantitative estimate of drug-likeness (QED) is 0.465. The summed E-state index contributed by atoms with van der Waals surface area (Å²) in [6, 6.07) is 10.1. The Bertz CT molecular complexity index is 570. The average molecular weight is 293 g/mol. The van der Waals surface area contributed by atoms with E-state index in [0.29, 0.717) is 24.7 Å². The number of pyridine rings is 1. The smallest absolute Gasteiger partial charge is 0.269 e. The third-order valence-electron chi connectivity index (χ3n) is 2.74. The summed E-state index contributed by atoms with van der Waals surface area (Å²) in [7, 11) is 0. The number of hydrogen-bond donors (Lipinski definition) is 0. The van der Waals surface area contributed by atoms with Crippen molar-refractivity contribution in [2.75, 3.05) is 6.61 Å². The first kappa shape index (κ1) is 14.3. The Balaban J connectivity index is 1.84. The van der Waals surface area contributed by atoms with Crippen LogP contribution >= 0.6 is 11.6 Å². The Hall–Kier alpha value is -2.14. The molecule has 6 heteroatoms. The van der Waals surface area contributed by atoms with Crippen LogP contribution in [-0.4, -0.2) is 16.5 Å².